The third-order valence-corrected chi connectivity index (χ3v) is 6.32. The molecule has 2 saturated heterocycles. The van der Waals surface area contributed by atoms with Crippen LogP contribution >= 0.6 is 12.4 Å². The number of hydrogen-bond acceptors (Lipinski definition) is 5. The topological polar surface area (TPSA) is 105 Å². The van der Waals surface area contributed by atoms with Gasteiger partial charge in [0.05, 0.1) is 12.6 Å². The van der Waals surface area contributed by atoms with Crippen molar-refractivity contribution in [2.45, 2.75) is 49.9 Å². The first-order valence-electron chi connectivity index (χ1n) is 10.5. The van der Waals surface area contributed by atoms with Crippen molar-refractivity contribution in [1.29, 1.82) is 0 Å². The molecule has 3 heterocycles. The van der Waals surface area contributed by atoms with Crippen LogP contribution in [0.2, 0.25) is 0 Å². The van der Waals surface area contributed by atoms with Crippen LogP contribution in [0.5, 0.6) is 5.75 Å². The van der Waals surface area contributed by atoms with Gasteiger partial charge < -0.3 is 25.6 Å². The Hall–Kier alpha value is -2.46. The Morgan fingerprint density at radius 2 is 2.00 bits per heavy atom. The normalized spacial score (nSPS) is 27.3. The quantitative estimate of drug-likeness (QED) is 0.685. The minimum atomic E-state index is -1.13. The number of fused-ring (bicyclic) bond motifs is 2. The third-order valence-electron chi connectivity index (χ3n) is 6.32. The average molecular weight is 473 g/mol. The summed E-state index contributed by atoms with van der Waals surface area (Å²) in [7, 11) is 0. The molecule has 11 heteroatoms. The highest BCUT2D eigenvalue weighted by molar-refractivity contribution is 5.91. The van der Waals surface area contributed by atoms with E-state index in [2.05, 4.69) is 5.32 Å². The van der Waals surface area contributed by atoms with Crippen LogP contribution in [-0.4, -0.2) is 72.0 Å². The van der Waals surface area contributed by atoms with Gasteiger partial charge in [0, 0.05) is 37.2 Å². The molecule has 0 unspecified atom stereocenters. The van der Waals surface area contributed by atoms with E-state index in [4.69, 9.17) is 10.5 Å². The first kappa shape index (κ1) is 24.2. The molecule has 0 radical (unpaired) electrons. The summed E-state index contributed by atoms with van der Waals surface area (Å²) in [6.45, 7) is -0.562. The fraction of sp³-hybridized carbons (Fsp3) is 0.571. The van der Waals surface area contributed by atoms with Crippen molar-refractivity contribution in [2.24, 2.45) is 5.73 Å². The molecular formula is C21H27ClF2N4O4. The van der Waals surface area contributed by atoms with Crippen molar-refractivity contribution in [1.82, 2.24) is 15.1 Å². The van der Waals surface area contributed by atoms with Crippen LogP contribution in [0.15, 0.2) is 18.2 Å². The molecule has 3 N–H and O–H groups in total. The lowest BCUT2D eigenvalue weighted by Crippen LogP contribution is -2.59. The zero-order valence-electron chi connectivity index (χ0n) is 17.5. The number of carbonyl (C=O) groups excluding carboxylic acids is 3. The molecule has 176 valence electrons. The molecule has 0 spiro atoms. The lowest BCUT2D eigenvalue weighted by atomic mass is 9.99. The molecule has 32 heavy (non-hydrogen) atoms. The molecule has 0 aromatic heterocycles. The number of nitrogens with one attached hydrogen (secondary N) is 1. The summed E-state index contributed by atoms with van der Waals surface area (Å²) in [5, 5.41) is 2.99. The van der Waals surface area contributed by atoms with E-state index in [1.807, 2.05) is 0 Å². The standard InChI is InChI=1S/C21H26F2N4O4.ClH/c22-10-19(28)26-7-5-13-2-4-17(27(13)21(30)15(24)11-26)20(29)25-16-6-8-31-18-9-12(23)1-3-14(16)18;/h1,3,9,13,15-17H,2,4-8,10-11,24H2,(H,25,29);1H/t13-,15+,16-,17+;/m1./s1. The lowest BCUT2D eigenvalue weighted by Gasteiger charge is -2.37. The molecule has 3 aliphatic rings. The van der Waals surface area contributed by atoms with Crippen LogP contribution < -0.4 is 15.8 Å². The summed E-state index contributed by atoms with van der Waals surface area (Å²) in [5.74, 6) is -1.39. The summed E-state index contributed by atoms with van der Waals surface area (Å²) in [6, 6.07) is 1.96. The summed E-state index contributed by atoms with van der Waals surface area (Å²) in [6.07, 6.45) is 2.08. The Bertz CT molecular complexity index is 889. The number of alkyl halides is 1. The zero-order chi connectivity index (χ0) is 22.1. The van der Waals surface area contributed by atoms with Gasteiger partial charge >= 0.3 is 0 Å². The van der Waals surface area contributed by atoms with Gasteiger partial charge in [-0.05, 0) is 25.3 Å². The summed E-state index contributed by atoms with van der Waals surface area (Å²) < 4.78 is 31.8. The number of nitrogens with zero attached hydrogens (tertiary/aromatic N) is 2. The minimum absolute atomic E-state index is 0. The van der Waals surface area contributed by atoms with E-state index in [9.17, 15) is 23.2 Å². The van der Waals surface area contributed by atoms with Gasteiger partial charge in [0.25, 0.3) is 5.91 Å². The van der Waals surface area contributed by atoms with E-state index in [-0.39, 0.29) is 43.5 Å². The second kappa shape index (κ2) is 9.99. The van der Waals surface area contributed by atoms with Crippen LogP contribution in [-0.2, 0) is 14.4 Å². The van der Waals surface area contributed by atoms with Crippen molar-refractivity contribution in [3.8, 4) is 5.75 Å². The largest absolute Gasteiger partial charge is 0.493 e. The highest BCUT2D eigenvalue weighted by Gasteiger charge is 2.44. The van der Waals surface area contributed by atoms with Crippen molar-refractivity contribution < 1.29 is 27.9 Å². The predicted molar refractivity (Wildman–Crippen MR) is 113 cm³/mol. The van der Waals surface area contributed by atoms with Crippen LogP contribution in [0.3, 0.4) is 0 Å². The molecule has 0 saturated carbocycles. The number of hydrogen-bond donors (Lipinski definition) is 2. The van der Waals surface area contributed by atoms with E-state index in [1.165, 1.54) is 17.0 Å². The van der Waals surface area contributed by atoms with Crippen LogP contribution in [0.4, 0.5) is 8.78 Å². The van der Waals surface area contributed by atoms with E-state index in [0.717, 1.165) is 0 Å². The summed E-state index contributed by atoms with van der Waals surface area (Å²) in [5.41, 5.74) is 6.72. The van der Waals surface area contributed by atoms with Gasteiger partial charge in [0.1, 0.15) is 23.7 Å². The second-order valence-electron chi connectivity index (χ2n) is 8.24. The van der Waals surface area contributed by atoms with Gasteiger partial charge in [-0.25, -0.2) is 8.78 Å². The number of carbonyl (C=O) groups is 3. The Kier molecular flexibility index (Phi) is 7.55. The average Bonchev–Trinajstić information content (AvgIpc) is 3.18. The van der Waals surface area contributed by atoms with Gasteiger partial charge in [0.2, 0.25) is 11.8 Å². The first-order valence-corrected chi connectivity index (χ1v) is 10.5. The molecule has 0 aliphatic carbocycles. The summed E-state index contributed by atoms with van der Waals surface area (Å²) >= 11 is 0. The molecule has 4 rings (SSSR count). The number of ether oxygens (including phenoxy) is 1. The molecule has 3 aliphatic heterocycles. The highest BCUT2D eigenvalue weighted by Crippen LogP contribution is 2.34. The summed E-state index contributed by atoms with van der Waals surface area (Å²) in [4.78, 5) is 40.7. The molecule has 2 fully saturated rings. The zero-order valence-corrected chi connectivity index (χ0v) is 18.3. The lowest BCUT2D eigenvalue weighted by molar-refractivity contribution is -0.145. The van der Waals surface area contributed by atoms with Crippen LogP contribution in [0.1, 0.15) is 37.3 Å². The van der Waals surface area contributed by atoms with Crippen LogP contribution in [0, 0.1) is 5.82 Å². The van der Waals surface area contributed by atoms with Crippen molar-refractivity contribution in [2.75, 3.05) is 26.4 Å². The predicted octanol–water partition coefficient (Wildman–Crippen LogP) is 1.08. The molecule has 3 amide bonds. The maximum atomic E-state index is 13.5. The van der Waals surface area contributed by atoms with Gasteiger partial charge in [-0.1, -0.05) is 6.07 Å². The minimum Gasteiger partial charge on any atom is -0.493 e. The molecule has 4 atom stereocenters. The maximum Gasteiger partial charge on any atom is 0.254 e. The Labute approximate surface area is 190 Å². The number of benzene rings is 1. The van der Waals surface area contributed by atoms with Gasteiger partial charge in [-0.2, -0.15) is 0 Å². The van der Waals surface area contributed by atoms with Crippen molar-refractivity contribution in [3.63, 3.8) is 0 Å². The number of rotatable bonds is 3. The number of halogens is 3. The molecule has 1 aromatic carbocycles. The van der Waals surface area contributed by atoms with E-state index in [1.54, 1.807) is 11.0 Å². The highest BCUT2D eigenvalue weighted by atomic mass is 35.5. The SMILES string of the molecule is Cl.N[C@H]1CN(C(=O)CF)CC[C@H]2CC[C@@H](C(=O)N[C@@H]3CCOc4cc(F)ccc43)N2C1=O. The molecule has 1 aromatic rings. The smallest absolute Gasteiger partial charge is 0.254 e. The van der Waals surface area contributed by atoms with E-state index >= 15 is 0 Å². The Balaban J connectivity index is 0.00000289. The van der Waals surface area contributed by atoms with Gasteiger partial charge in [-0.3, -0.25) is 14.4 Å². The molecular weight excluding hydrogens is 446 g/mol. The molecule has 8 nitrogen and oxygen atoms in total. The van der Waals surface area contributed by atoms with E-state index < -0.39 is 36.4 Å². The van der Waals surface area contributed by atoms with Gasteiger partial charge in [-0.15, -0.1) is 12.4 Å². The monoisotopic (exact) mass is 472 g/mol. The van der Waals surface area contributed by atoms with Crippen molar-refractivity contribution >= 4 is 30.1 Å². The fourth-order valence-electron chi connectivity index (χ4n) is 4.75. The maximum absolute atomic E-state index is 13.5. The van der Waals surface area contributed by atoms with Crippen LogP contribution in [0.25, 0.3) is 0 Å². The Morgan fingerprint density at radius 3 is 2.75 bits per heavy atom. The fourth-order valence-corrected chi connectivity index (χ4v) is 4.75. The Morgan fingerprint density at radius 1 is 1.22 bits per heavy atom. The number of nitrogens with two attached hydrogens (primary N) is 1. The van der Waals surface area contributed by atoms with E-state index in [0.29, 0.717) is 43.6 Å². The number of amides is 3. The third kappa shape index (κ3) is 4.66. The van der Waals surface area contributed by atoms with Gasteiger partial charge in [0.15, 0.2) is 6.67 Å². The first-order chi connectivity index (χ1) is 14.9. The molecule has 0 bridgehead atoms. The van der Waals surface area contributed by atoms with Crippen molar-refractivity contribution in [3.05, 3.63) is 29.6 Å². The second-order valence-corrected chi connectivity index (χ2v) is 8.24.